The van der Waals surface area contributed by atoms with Crippen LogP contribution in [0.1, 0.15) is 12.8 Å². The van der Waals surface area contributed by atoms with E-state index in [1.54, 1.807) is 0 Å². The van der Waals surface area contributed by atoms with Crippen molar-refractivity contribution in [2.24, 2.45) is 0 Å². The van der Waals surface area contributed by atoms with Crippen LogP contribution < -0.4 is 0 Å². The quantitative estimate of drug-likeness (QED) is 0.689. The molecule has 1 heterocycles. The summed E-state index contributed by atoms with van der Waals surface area (Å²) < 4.78 is 26.6. The lowest BCUT2D eigenvalue weighted by atomic mass is 10.4. The molecule has 1 rings (SSSR count). The Kier molecular flexibility index (Phi) is 5.41. The molecule has 0 aromatic rings. The molecule has 1 aliphatic rings. The Balaban J connectivity index is 0.000000226. The van der Waals surface area contributed by atoms with E-state index in [1.165, 1.54) is 25.9 Å². The van der Waals surface area contributed by atoms with Crippen LogP contribution in [0.3, 0.4) is 0 Å². The molecule has 4 nitrogen and oxygen atoms in total. The molecular weight excluding hydrogens is 190 g/mol. The highest BCUT2D eigenvalue weighted by Gasteiger charge is 2.04. The molecule has 76 valence electrons. The largest absolute Gasteiger partial charge is 0.378 e. The summed E-state index contributed by atoms with van der Waals surface area (Å²) in [6.07, 6.45) is 4.63. The van der Waals surface area contributed by atoms with Crippen molar-refractivity contribution in [3.8, 4) is 0 Å². The van der Waals surface area contributed by atoms with Gasteiger partial charge in [0, 0.05) is 13.1 Å². The van der Waals surface area contributed by atoms with Crippen molar-refractivity contribution in [1.82, 2.24) is 4.90 Å². The number of nitrogens with zero attached hydrogens (tertiary/aromatic N) is 1. The first-order chi connectivity index (χ1) is 5.99. The third-order valence-electron chi connectivity index (χ3n) is 1.61. The van der Waals surface area contributed by atoms with Crippen molar-refractivity contribution < 1.29 is 13.0 Å². The minimum atomic E-state index is -3.90. The minimum absolute atomic E-state index is 0.465. The van der Waals surface area contributed by atoms with Crippen molar-refractivity contribution in [2.45, 2.75) is 12.8 Å². The molecule has 0 aromatic heterocycles. The van der Waals surface area contributed by atoms with Crippen LogP contribution >= 0.6 is 0 Å². The van der Waals surface area contributed by atoms with Gasteiger partial charge in [0.2, 0.25) is 0 Å². The maximum absolute atomic E-state index is 9.44. The summed E-state index contributed by atoms with van der Waals surface area (Å²) in [5.41, 5.74) is 0. The zero-order valence-corrected chi connectivity index (χ0v) is 8.33. The van der Waals surface area contributed by atoms with Gasteiger partial charge in [-0.1, -0.05) is 13.2 Å². The molecule has 13 heavy (non-hydrogen) atoms. The van der Waals surface area contributed by atoms with Gasteiger partial charge < -0.3 is 4.90 Å². The second-order valence-corrected chi connectivity index (χ2v) is 3.97. The van der Waals surface area contributed by atoms with Crippen LogP contribution in [-0.4, -0.2) is 31.0 Å². The maximum Gasteiger partial charge on any atom is 0.287 e. The molecule has 0 saturated carbocycles. The van der Waals surface area contributed by atoms with Gasteiger partial charge in [-0.2, -0.15) is 8.42 Å². The van der Waals surface area contributed by atoms with E-state index in [9.17, 15) is 8.42 Å². The maximum atomic E-state index is 9.44. The van der Waals surface area contributed by atoms with Crippen molar-refractivity contribution in [3.05, 3.63) is 24.8 Å². The highest BCUT2D eigenvalue weighted by atomic mass is 32.2. The summed E-state index contributed by atoms with van der Waals surface area (Å²) in [5.74, 6) is 0. The lowest BCUT2D eigenvalue weighted by Crippen LogP contribution is -2.08. The fourth-order valence-electron chi connectivity index (χ4n) is 0.924. The first-order valence-electron chi connectivity index (χ1n) is 3.96. The zero-order chi connectivity index (χ0) is 10.3. The topological polar surface area (TPSA) is 57.6 Å². The lowest BCUT2D eigenvalue weighted by molar-refractivity contribution is 0.469. The van der Waals surface area contributed by atoms with Crippen molar-refractivity contribution in [1.29, 1.82) is 0 Å². The molecule has 0 amide bonds. The first kappa shape index (κ1) is 12.2. The molecule has 1 fully saturated rings. The standard InChI is InChI=1S/C6H11N.C2H4O3S/c1-2-7-5-3-4-6-7;1-2-6(3,4)5/h2H,1,3-6H2;2H,1H2,(H,3,4,5). The highest BCUT2D eigenvalue weighted by molar-refractivity contribution is 7.88. The Morgan fingerprint density at radius 3 is 1.77 bits per heavy atom. The molecule has 0 unspecified atom stereocenters. The second kappa shape index (κ2) is 5.77. The first-order valence-corrected chi connectivity index (χ1v) is 5.46. The molecular formula is C8H15NO3S. The predicted octanol–water partition coefficient (Wildman–Crippen LogP) is 1.24. The number of likely N-dealkylation sites (tertiary alicyclic amines) is 1. The summed E-state index contributed by atoms with van der Waals surface area (Å²) in [6.45, 7) is 8.91. The SMILES string of the molecule is C=CN1CCCC1.C=CS(=O)(=O)O. The molecule has 0 radical (unpaired) electrons. The van der Waals surface area contributed by atoms with Crippen LogP contribution in [0, 0.1) is 0 Å². The summed E-state index contributed by atoms with van der Waals surface area (Å²) in [6, 6.07) is 0. The van der Waals surface area contributed by atoms with Gasteiger partial charge in [0.25, 0.3) is 10.1 Å². The molecule has 1 N–H and O–H groups in total. The zero-order valence-electron chi connectivity index (χ0n) is 7.52. The summed E-state index contributed by atoms with van der Waals surface area (Å²) in [4.78, 5) is 2.25. The van der Waals surface area contributed by atoms with Gasteiger partial charge in [-0.15, -0.1) is 0 Å². The lowest BCUT2D eigenvalue weighted by Gasteiger charge is -2.07. The Bertz CT molecular complexity index is 241. The molecule has 0 atom stereocenters. The summed E-state index contributed by atoms with van der Waals surface area (Å²) >= 11 is 0. The average molecular weight is 205 g/mol. The Labute approximate surface area is 79.3 Å². The van der Waals surface area contributed by atoms with Crippen LogP contribution in [0.2, 0.25) is 0 Å². The fourth-order valence-corrected chi connectivity index (χ4v) is 0.924. The van der Waals surface area contributed by atoms with E-state index in [0.717, 1.165) is 0 Å². The van der Waals surface area contributed by atoms with Gasteiger partial charge >= 0.3 is 0 Å². The molecule has 1 saturated heterocycles. The van der Waals surface area contributed by atoms with Gasteiger partial charge in [0.15, 0.2) is 0 Å². The number of rotatable bonds is 2. The molecule has 0 spiro atoms. The minimum Gasteiger partial charge on any atom is -0.378 e. The second-order valence-electron chi connectivity index (χ2n) is 2.61. The van der Waals surface area contributed by atoms with E-state index >= 15 is 0 Å². The van der Waals surface area contributed by atoms with E-state index < -0.39 is 10.1 Å². The van der Waals surface area contributed by atoms with Crippen LogP contribution in [0.15, 0.2) is 24.8 Å². The summed E-state index contributed by atoms with van der Waals surface area (Å²) in [7, 11) is -3.90. The van der Waals surface area contributed by atoms with Gasteiger partial charge in [-0.25, -0.2) is 0 Å². The van der Waals surface area contributed by atoms with Crippen molar-refractivity contribution in [3.63, 3.8) is 0 Å². The fraction of sp³-hybridized carbons (Fsp3) is 0.500. The number of hydrogen-bond acceptors (Lipinski definition) is 3. The normalized spacial score (nSPS) is 15.9. The molecule has 0 aliphatic carbocycles. The van der Waals surface area contributed by atoms with Crippen molar-refractivity contribution >= 4 is 10.1 Å². The van der Waals surface area contributed by atoms with Gasteiger partial charge in [0.05, 0.1) is 5.41 Å². The van der Waals surface area contributed by atoms with E-state index in [1.807, 2.05) is 6.20 Å². The Morgan fingerprint density at radius 1 is 1.23 bits per heavy atom. The highest BCUT2D eigenvalue weighted by Crippen LogP contribution is 2.05. The molecule has 0 bridgehead atoms. The number of hydrogen-bond donors (Lipinski definition) is 1. The van der Waals surface area contributed by atoms with Crippen LogP contribution in [0.25, 0.3) is 0 Å². The third kappa shape index (κ3) is 7.55. The predicted molar refractivity (Wildman–Crippen MR) is 52.7 cm³/mol. The Morgan fingerprint density at radius 2 is 1.62 bits per heavy atom. The van der Waals surface area contributed by atoms with Gasteiger partial charge in [0.1, 0.15) is 0 Å². The van der Waals surface area contributed by atoms with Crippen LogP contribution in [0.5, 0.6) is 0 Å². The Hall–Kier alpha value is -0.810. The molecule has 0 aromatic carbocycles. The van der Waals surface area contributed by atoms with Gasteiger partial charge in [-0.05, 0) is 19.0 Å². The molecule has 1 aliphatic heterocycles. The van der Waals surface area contributed by atoms with Crippen LogP contribution in [0.4, 0.5) is 0 Å². The summed E-state index contributed by atoms with van der Waals surface area (Å²) in [5, 5.41) is 0.465. The van der Waals surface area contributed by atoms with E-state index in [-0.39, 0.29) is 0 Å². The van der Waals surface area contributed by atoms with E-state index in [0.29, 0.717) is 5.41 Å². The van der Waals surface area contributed by atoms with Crippen molar-refractivity contribution in [2.75, 3.05) is 13.1 Å². The smallest absolute Gasteiger partial charge is 0.287 e. The monoisotopic (exact) mass is 205 g/mol. The van der Waals surface area contributed by atoms with E-state index in [4.69, 9.17) is 4.55 Å². The average Bonchev–Trinajstić information content (AvgIpc) is 2.56. The van der Waals surface area contributed by atoms with E-state index in [2.05, 4.69) is 18.1 Å². The van der Waals surface area contributed by atoms with Crippen LogP contribution in [-0.2, 0) is 10.1 Å². The van der Waals surface area contributed by atoms with Gasteiger partial charge in [-0.3, -0.25) is 4.55 Å². The molecule has 5 heteroatoms. The third-order valence-corrected chi connectivity index (χ3v) is 2.03.